The molecular weight excluding hydrogens is 440 g/mol. The molecule has 0 saturated carbocycles. The Morgan fingerprint density at radius 3 is 2.34 bits per heavy atom. The number of aliphatic hydroxyl groups is 1. The van der Waals surface area contributed by atoms with E-state index in [1.54, 1.807) is 11.8 Å². The number of carbonyl (C=O) groups is 2. The lowest BCUT2D eigenvalue weighted by atomic mass is 10.2. The summed E-state index contributed by atoms with van der Waals surface area (Å²) in [6, 6.07) is 0.272. The molecule has 4 N–H and O–H groups in total. The third kappa shape index (κ3) is 10.2. The lowest BCUT2D eigenvalue weighted by Gasteiger charge is -2.28. The molecule has 1 aliphatic heterocycles. The highest BCUT2D eigenvalue weighted by atomic mass is 32.2. The first-order valence-electron chi connectivity index (χ1n) is 10.6. The van der Waals surface area contributed by atoms with Crippen LogP contribution in [0, 0.1) is 0 Å². The van der Waals surface area contributed by atoms with E-state index in [0.717, 1.165) is 69.1 Å². The van der Waals surface area contributed by atoms with Crippen LogP contribution in [0.3, 0.4) is 0 Å². The van der Waals surface area contributed by atoms with Gasteiger partial charge in [0.15, 0.2) is 11.0 Å². The number of hydrogen-bond donors (Lipinski definition) is 4. The maximum absolute atomic E-state index is 9.10. The number of nitrogens with zero attached hydrogens (tertiary/aromatic N) is 5. The summed E-state index contributed by atoms with van der Waals surface area (Å²) in [5.41, 5.74) is 0. The molecule has 1 aromatic rings. The Morgan fingerprint density at radius 1 is 1.16 bits per heavy atom. The molecule has 2 rings (SSSR count). The van der Waals surface area contributed by atoms with E-state index in [4.69, 9.17) is 29.6 Å². The first-order valence-corrected chi connectivity index (χ1v) is 11.6. The van der Waals surface area contributed by atoms with Gasteiger partial charge in [-0.3, -0.25) is 9.80 Å². The second-order valence-electron chi connectivity index (χ2n) is 7.27. The minimum Gasteiger partial charge on any atom is -0.473 e. The van der Waals surface area contributed by atoms with Crippen LogP contribution in [0.15, 0.2) is 5.16 Å². The molecular formula is C19H36N6O6S. The lowest BCUT2D eigenvalue weighted by Crippen LogP contribution is -2.38. The number of aliphatic carboxylic acids is 2. The molecule has 0 bridgehead atoms. The minimum atomic E-state index is -1.82. The van der Waals surface area contributed by atoms with Gasteiger partial charge in [0.25, 0.3) is 0 Å². The van der Waals surface area contributed by atoms with Crippen LogP contribution in [0.2, 0.25) is 0 Å². The van der Waals surface area contributed by atoms with Gasteiger partial charge in [0.1, 0.15) is 0 Å². The number of carboxylic acids is 2. The van der Waals surface area contributed by atoms with Crippen LogP contribution in [0.1, 0.15) is 25.2 Å². The van der Waals surface area contributed by atoms with Crippen molar-refractivity contribution in [3.05, 3.63) is 5.82 Å². The van der Waals surface area contributed by atoms with E-state index in [2.05, 4.69) is 50.9 Å². The molecule has 184 valence electrons. The van der Waals surface area contributed by atoms with Crippen LogP contribution < -0.4 is 5.32 Å². The summed E-state index contributed by atoms with van der Waals surface area (Å²) in [6.45, 7) is 9.38. The van der Waals surface area contributed by atoms with Crippen molar-refractivity contribution in [1.29, 1.82) is 0 Å². The van der Waals surface area contributed by atoms with E-state index >= 15 is 0 Å². The quantitative estimate of drug-likeness (QED) is 0.174. The Labute approximate surface area is 192 Å². The van der Waals surface area contributed by atoms with E-state index in [1.807, 2.05) is 0 Å². The molecule has 1 saturated heterocycles. The first-order chi connectivity index (χ1) is 15.3. The van der Waals surface area contributed by atoms with Gasteiger partial charge in [0.2, 0.25) is 0 Å². The predicted octanol–water partition coefficient (Wildman–Crippen LogP) is -0.547. The van der Waals surface area contributed by atoms with Gasteiger partial charge in [-0.05, 0) is 20.5 Å². The number of morpholine rings is 1. The molecule has 1 atom stereocenters. The van der Waals surface area contributed by atoms with Crippen molar-refractivity contribution in [3.63, 3.8) is 0 Å². The minimum absolute atomic E-state index is 0.172. The fraction of sp³-hybridized carbons (Fsp3) is 0.789. The van der Waals surface area contributed by atoms with Crippen molar-refractivity contribution in [1.82, 2.24) is 29.9 Å². The number of rotatable bonds is 12. The molecule has 1 unspecified atom stereocenters. The zero-order valence-corrected chi connectivity index (χ0v) is 19.9. The fourth-order valence-corrected chi connectivity index (χ4v) is 4.00. The van der Waals surface area contributed by atoms with Crippen molar-refractivity contribution in [2.45, 2.75) is 31.1 Å². The number of hydrogen-bond acceptors (Lipinski definition) is 10. The van der Waals surface area contributed by atoms with Crippen LogP contribution in [0.4, 0.5) is 0 Å². The molecule has 0 aliphatic carbocycles. The van der Waals surface area contributed by atoms with E-state index in [9.17, 15) is 0 Å². The highest BCUT2D eigenvalue weighted by molar-refractivity contribution is 7.99. The van der Waals surface area contributed by atoms with E-state index in [-0.39, 0.29) is 12.6 Å². The summed E-state index contributed by atoms with van der Waals surface area (Å²) in [4.78, 5) is 22.9. The topological polar surface area (TPSA) is 153 Å². The normalized spacial score (nSPS) is 15.3. The number of nitrogens with one attached hydrogen (secondary N) is 1. The molecule has 13 heteroatoms. The SMILES string of the molecule is CCC(c1nnc(SCCNCCO)n1CCN1CCOCC1)N(C)C.O=C(O)C(=O)O. The van der Waals surface area contributed by atoms with Crippen molar-refractivity contribution in [3.8, 4) is 0 Å². The van der Waals surface area contributed by atoms with Gasteiger partial charge in [0, 0.05) is 45.0 Å². The largest absolute Gasteiger partial charge is 0.473 e. The Morgan fingerprint density at radius 2 is 1.81 bits per heavy atom. The van der Waals surface area contributed by atoms with Crippen molar-refractivity contribution < 1.29 is 29.6 Å². The average molecular weight is 477 g/mol. The molecule has 32 heavy (non-hydrogen) atoms. The highest BCUT2D eigenvalue weighted by Crippen LogP contribution is 2.25. The molecule has 0 amide bonds. The lowest BCUT2D eigenvalue weighted by molar-refractivity contribution is -0.159. The summed E-state index contributed by atoms with van der Waals surface area (Å²) >= 11 is 1.73. The Balaban J connectivity index is 0.000000751. The second kappa shape index (κ2) is 15.9. The van der Waals surface area contributed by atoms with Gasteiger partial charge in [-0.25, -0.2) is 9.59 Å². The van der Waals surface area contributed by atoms with E-state index in [0.29, 0.717) is 6.54 Å². The first kappa shape index (κ1) is 28.3. The van der Waals surface area contributed by atoms with Crippen molar-refractivity contribution in [2.24, 2.45) is 0 Å². The van der Waals surface area contributed by atoms with Gasteiger partial charge in [-0.2, -0.15) is 0 Å². The smallest absolute Gasteiger partial charge is 0.414 e. The van der Waals surface area contributed by atoms with Gasteiger partial charge in [-0.15, -0.1) is 10.2 Å². The fourth-order valence-electron chi connectivity index (χ4n) is 3.13. The van der Waals surface area contributed by atoms with Crippen molar-refractivity contribution >= 4 is 23.7 Å². The molecule has 0 radical (unpaired) electrons. The average Bonchev–Trinajstić information content (AvgIpc) is 3.15. The summed E-state index contributed by atoms with van der Waals surface area (Å²) in [7, 11) is 4.20. The monoisotopic (exact) mass is 476 g/mol. The maximum Gasteiger partial charge on any atom is 0.414 e. The van der Waals surface area contributed by atoms with Gasteiger partial charge in [0.05, 0.1) is 25.9 Å². The molecule has 12 nitrogen and oxygen atoms in total. The predicted molar refractivity (Wildman–Crippen MR) is 120 cm³/mol. The number of aliphatic hydroxyl groups excluding tert-OH is 1. The molecule has 0 aromatic carbocycles. The molecule has 2 heterocycles. The summed E-state index contributed by atoms with van der Waals surface area (Å²) in [5, 5.41) is 36.8. The summed E-state index contributed by atoms with van der Waals surface area (Å²) < 4.78 is 7.74. The van der Waals surface area contributed by atoms with Crippen LogP contribution in [0.25, 0.3) is 0 Å². The zero-order chi connectivity index (χ0) is 23.9. The highest BCUT2D eigenvalue weighted by Gasteiger charge is 2.22. The van der Waals surface area contributed by atoms with E-state index in [1.165, 1.54) is 0 Å². The van der Waals surface area contributed by atoms with Crippen LogP contribution in [0.5, 0.6) is 0 Å². The number of aromatic nitrogens is 3. The number of thioether (sulfide) groups is 1. The maximum atomic E-state index is 9.10. The Hall–Kier alpha value is -1.77. The van der Waals surface area contributed by atoms with Gasteiger partial charge < -0.3 is 29.9 Å². The third-order valence-electron chi connectivity index (χ3n) is 4.78. The molecule has 1 aromatic heterocycles. The van der Waals surface area contributed by atoms with Gasteiger partial charge in [-0.1, -0.05) is 18.7 Å². The number of carboxylic acid groups (broad SMARTS) is 2. The Bertz CT molecular complexity index is 671. The summed E-state index contributed by atoms with van der Waals surface area (Å²) in [6.07, 6.45) is 1.01. The van der Waals surface area contributed by atoms with Crippen LogP contribution >= 0.6 is 11.8 Å². The third-order valence-corrected chi connectivity index (χ3v) is 5.75. The Kier molecular flexibility index (Phi) is 14.1. The zero-order valence-electron chi connectivity index (χ0n) is 19.1. The van der Waals surface area contributed by atoms with Crippen molar-refractivity contribution in [2.75, 3.05) is 72.4 Å². The second-order valence-corrected chi connectivity index (χ2v) is 8.33. The standard InChI is InChI=1S/C17H34N6O2S.C2H2O4/c1-4-15(21(2)3)16-19-20-17(26-14-6-18-5-11-24)23(16)8-7-22-9-12-25-13-10-22;3-1(4)2(5)6/h15,18,24H,4-14H2,1-3H3;(H,3,4)(H,5,6). The number of ether oxygens (including phenoxy) is 1. The molecule has 1 aliphatic rings. The van der Waals surface area contributed by atoms with Crippen LogP contribution in [-0.4, -0.2) is 124 Å². The van der Waals surface area contributed by atoms with Gasteiger partial charge >= 0.3 is 11.9 Å². The van der Waals surface area contributed by atoms with E-state index < -0.39 is 11.9 Å². The summed E-state index contributed by atoms with van der Waals surface area (Å²) in [5.74, 6) is -1.68. The molecule has 0 spiro atoms. The van der Waals surface area contributed by atoms with Crippen LogP contribution in [-0.2, 0) is 20.9 Å². The molecule has 1 fully saturated rings.